The van der Waals surface area contributed by atoms with Crippen LogP contribution in [-0.4, -0.2) is 17.0 Å². The quantitative estimate of drug-likeness (QED) is 0.655. The van der Waals surface area contributed by atoms with Gasteiger partial charge in [-0.25, -0.2) is 4.79 Å². The SMILES string of the molecule is CCCC(=O)OC(=O)c1ccccc1O.Cl. The molecule has 0 aromatic heterocycles. The zero-order valence-electron chi connectivity index (χ0n) is 8.80. The van der Waals surface area contributed by atoms with Gasteiger partial charge in [-0.2, -0.15) is 0 Å². The number of ether oxygens (including phenoxy) is 1. The smallest absolute Gasteiger partial charge is 0.349 e. The number of esters is 2. The van der Waals surface area contributed by atoms with Crippen LogP contribution in [0, 0.1) is 0 Å². The first-order chi connectivity index (χ1) is 7.15. The maximum absolute atomic E-state index is 11.3. The van der Waals surface area contributed by atoms with Crippen LogP contribution in [-0.2, 0) is 9.53 Å². The molecule has 0 saturated carbocycles. The number of carbonyl (C=O) groups is 2. The van der Waals surface area contributed by atoms with Crippen LogP contribution in [0.15, 0.2) is 24.3 Å². The van der Waals surface area contributed by atoms with Gasteiger partial charge in [0.05, 0.1) is 0 Å². The molecule has 0 aliphatic carbocycles. The molecule has 0 amide bonds. The third-order valence-corrected chi connectivity index (χ3v) is 1.78. The van der Waals surface area contributed by atoms with E-state index in [9.17, 15) is 14.7 Å². The molecule has 16 heavy (non-hydrogen) atoms. The molecule has 0 aliphatic rings. The summed E-state index contributed by atoms with van der Waals surface area (Å²) in [6.07, 6.45) is 0.812. The van der Waals surface area contributed by atoms with Gasteiger partial charge in [-0.05, 0) is 18.6 Å². The topological polar surface area (TPSA) is 63.6 Å². The van der Waals surface area contributed by atoms with Crippen LogP contribution < -0.4 is 0 Å². The van der Waals surface area contributed by atoms with Crippen LogP contribution in [0.3, 0.4) is 0 Å². The summed E-state index contributed by atoms with van der Waals surface area (Å²) in [6, 6.07) is 5.93. The number of carbonyl (C=O) groups excluding carboxylic acids is 2. The summed E-state index contributed by atoms with van der Waals surface area (Å²) in [5.41, 5.74) is 0.00181. The summed E-state index contributed by atoms with van der Waals surface area (Å²) in [5, 5.41) is 9.31. The molecular formula is C11H13ClO4. The first-order valence-electron chi connectivity index (χ1n) is 4.68. The molecule has 5 heteroatoms. The van der Waals surface area contributed by atoms with Crippen LogP contribution in [0.25, 0.3) is 0 Å². The lowest BCUT2D eigenvalue weighted by Gasteiger charge is -2.03. The highest BCUT2D eigenvalue weighted by atomic mass is 35.5. The Hall–Kier alpha value is -1.55. The number of phenols is 1. The van der Waals surface area contributed by atoms with E-state index in [-0.39, 0.29) is 30.1 Å². The van der Waals surface area contributed by atoms with E-state index in [1.54, 1.807) is 12.1 Å². The Kier molecular flexibility index (Phi) is 6.18. The molecule has 0 bridgehead atoms. The van der Waals surface area contributed by atoms with E-state index in [2.05, 4.69) is 4.74 Å². The van der Waals surface area contributed by atoms with Gasteiger partial charge in [0.15, 0.2) is 0 Å². The summed E-state index contributed by atoms with van der Waals surface area (Å²) >= 11 is 0. The predicted octanol–water partition coefficient (Wildman–Crippen LogP) is 2.30. The minimum atomic E-state index is -0.813. The Morgan fingerprint density at radius 2 is 1.94 bits per heavy atom. The first-order valence-corrected chi connectivity index (χ1v) is 4.68. The van der Waals surface area contributed by atoms with E-state index >= 15 is 0 Å². The average molecular weight is 245 g/mol. The molecule has 0 radical (unpaired) electrons. The standard InChI is InChI=1S/C11H12O4.ClH/c1-2-5-10(13)15-11(14)8-6-3-4-7-9(8)12;/h3-4,6-7,12H,2,5H2,1H3;1H. The van der Waals surface area contributed by atoms with E-state index in [1.807, 2.05) is 6.92 Å². The van der Waals surface area contributed by atoms with Crippen molar-refractivity contribution in [2.24, 2.45) is 0 Å². The Morgan fingerprint density at radius 3 is 2.50 bits per heavy atom. The molecular weight excluding hydrogens is 232 g/mol. The van der Waals surface area contributed by atoms with Gasteiger partial charge in [-0.15, -0.1) is 12.4 Å². The van der Waals surface area contributed by atoms with Crippen molar-refractivity contribution >= 4 is 24.3 Å². The van der Waals surface area contributed by atoms with E-state index in [0.29, 0.717) is 6.42 Å². The average Bonchev–Trinajstić information content (AvgIpc) is 2.18. The zero-order valence-corrected chi connectivity index (χ0v) is 9.62. The van der Waals surface area contributed by atoms with Gasteiger partial charge in [-0.1, -0.05) is 19.1 Å². The Bertz CT molecular complexity index is 376. The molecule has 4 nitrogen and oxygen atoms in total. The highest BCUT2D eigenvalue weighted by molar-refractivity contribution is 5.98. The maximum Gasteiger partial charge on any atom is 0.349 e. The molecule has 0 fully saturated rings. The highest BCUT2D eigenvalue weighted by Crippen LogP contribution is 2.16. The molecule has 0 aliphatic heterocycles. The highest BCUT2D eigenvalue weighted by Gasteiger charge is 2.15. The number of aromatic hydroxyl groups is 1. The Labute approximate surface area is 99.6 Å². The van der Waals surface area contributed by atoms with Crippen molar-refractivity contribution in [3.63, 3.8) is 0 Å². The Balaban J connectivity index is 0.00000225. The van der Waals surface area contributed by atoms with Gasteiger partial charge in [0.25, 0.3) is 0 Å². The van der Waals surface area contributed by atoms with Gasteiger partial charge in [0.2, 0.25) is 0 Å². The number of hydrogen-bond donors (Lipinski definition) is 1. The van der Waals surface area contributed by atoms with Crippen LogP contribution in [0.2, 0.25) is 0 Å². The lowest BCUT2D eigenvalue weighted by Crippen LogP contribution is -2.12. The van der Waals surface area contributed by atoms with Crippen molar-refractivity contribution in [1.29, 1.82) is 0 Å². The molecule has 0 saturated heterocycles. The fraction of sp³-hybridized carbons (Fsp3) is 0.273. The molecule has 1 N–H and O–H groups in total. The fourth-order valence-electron chi connectivity index (χ4n) is 1.06. The molecule has 1 aromatic rings. The summed E-state index contributed by atoms with van der Waals surface area (Å²) in [4.78, 5) is 22.4. The molecule has 0 heterocycles. The number of benzene rings is 1. The molecule has 0 spiro atoms. The number of hydrogen-bond acceptors (Lipinski definition) is 4. The molecule has 88 valence electrons. The van der Waals surface area contributed by atoms with Gasteiger partial charge < -0.3 is 9.84 Å². The minimum absolute atomic E-state index is 0. The summed E-state index contributed by atoms with van der Waals surface area (Å²) in [7, 11) is 0. The van der Waals surface area contributed by atoms with E-state index in [1.165, 1.54) is 12.1 Å². The van der Waals surface area contributed by atoms with Crippen LogP contribution in [0.4, 0.5) is 0 Å². The lowest BCUT2D eigenvalue weighted by atomic mass is 10.2. The number of para-hydroxylation sites is 1. The third-order valence-electron chi connectivity index (χ3n) is 1.78. The fourth-order valence-corrected chi connectivity index (χ4v) is 1.06. The van der Waals surface area contributed by atoms with E-state index in [0.717, 1.165) is 0 Å². The second-order valence-corrected chi connectivity index (χ2v) is 3.03. The maximum atomic E-state index is 11.3. The van der Waals surface area contributed by atoms with Crippen LogP contribution >= 0.6 is 12.4 Å². The van der Waals surface area contributed by atoms with Crippen molar-refractivity contribution in [2.45, 2.75) is 19.8 Å². The summed E-state index contributed by atoms with van der Waals surface area (Å²) in [6.45, 7) is 1.81. The van der Waals surface area contributed by atoms with Crippen molar-refractivity contribution in [1.82, 2.24) is 0 Å². The molecule has 1 rings (SSSR count). The normalized spacial score (nSPS) is 9.06. The van der Waals surface area contributed by atoms with Gasteiger partial charge >= 0.3 is 11.9 Å². The van der Waals surface area contributed by atoms with Crippen molar-refractivity contribution in [3.05, 3.63) is 29.8 Å². The van der Waals surface area contributed by atoms with Crippen molar-refractivity contribution in [2.75, 3.05) is 0 Å². The second kappa shape index (κ2) is 6.85. The molecule has 0 unspecified atom stereocenters. The van der Waals surface area contributed by atoms with Crippen LogP contribution in [0.1, 0.15) is 30.1 Å². The predicted molar refractivity (Wildman–Crippen MR) is 60.7 cm³/mol. The van der Waals surface area contributed by atoms with Crippen LogP contribution in [0.5, 0.6) is 5.75 Å². The monoisotopic (exact) mass is 244 g/mol. The van der Waals surface area contributed by atoms with Gasteiger partial charge in [0.1, 0.15) is 11.3 Å². The lowest BCUT2D eigenvalue weighted by molar-refractivity contribution is -0.137. The third kappa shape index (κ3) is 3.90. The Morgan fingerprint density at radius 1 is 1.31 bits per heavy atom. The van der Waals surface area contributed by atoms with Crippen molar-refractivity contribution in [3.8, 4) is 5.75 Å². The number of rotatable bonds is 3. The van der Waals surface area contributed by atoms with E-state index in [4.69, 9.17) is 0 Å². The second-order valence-electron chi connectivity index (χ2n) is 3.03. The first kappa shape index (κ1) is 14.5. The largest absolute Gasteiger partial charge is 0.507 e. The number of phenolic OH excluding ortho intramolecular Hbond substituents is 1. The van der Waals surface area contributed by atoms with Crippen molar-refractivity contribution < 1.29 is 19.4 Å². The van der Waals surface area contributed by atoms with E-state index < -0.39 is 11.9 Å². The molecule has 0 atom stereocenters. The summed E-state index contributed by atoms with van der Waals surface area (Å²) < 4.78 is 4.52. The zero-order chi connectivity index (χ0) is 11.3. The van der Waals surface area contributed by atoms with Gasteiger partial charge in [-0.3, -0.25) is 4.79 Å². The van der Waals surface area contributed by atoms with Gasteiger partial charge in [0, 0.05) is 6.42 Å². The summed E-state index contributed by atoms with van der Waals surface area (Å²) in [5.74, 6) is -1.58. The minimum Gasteiger partial charge on any atom is -0.507 e. The molecule has 1 aromatic carbocycles. The number of halogens is 1.